The lowest BCUT2D eigenvalue weighted by Gasteiger charge is -1.88. The predicted molar refractivity (Wildman–Crippen MR) is 47.4 cm³/mol. The third-order valence-electron chi connectivity index (χ3n) is 1.29. The van der Waals surface area contributed by atoms with E-state index in [2.05, 4.69) is 0 Å². The zero-order valence-electron chi connectivity index (χ0n) is 6.70. The molecule has 1 aromatic heterocycles. The van der Waals surface area contributed by atoms with Gasteiger partial charge in [-0.1, -0.05) is 0 Å². The molecule has 0 bridgehead atoms. The second-order valence-corrected chi connectivity index (χ2v) is 5.77. The highest BCUT2D eigenvalue weighted by atomic mass is 32.2. The smallest absolute Gasteiger partial charge is 0.184 e. The van der Waals surface area contributed by atoms with Crippen LogP contribution in [0.4, 0.5) is 0 Å². The van der Waals surface area contributed by atoms with E-state index in [0.717, 1.165) is 17.6 Å². The summed E-state index contributed by atoms with van der Waals surface area (Å²) < 4.78 is 22.2. The summed E-state index contributed by atoms with van der Waals surface area (Å²) >= 11 is 1.01. The van der Waals surface area contributed by atoms with Gasteiger partial charge in [-0.2, -0.15) is 0 Å². The maximum Gasteiger partial charge on any atom is 0.184 e. The van der Waals surface area contributed by atoms with Gasteiger partial charge in [0.25, 0.3) is 0 Å². The molecular formula is C7H8O3S2. The molecule has 5 heteroatoms. The van der Waals surface area contributed by atoms with Crippen LogP contribution in [0.2, 0.25) is 0 Å². The van der Waals surface area contributed by atoms with Crippen molar-refractivity contribution in [2.75, 3.05) is 6.26 Å². The Labute approximate surface area is 75.0 Å². The molecule has 0 amide bonds. The van der Waals surface area contributed by atoms with Crippen LogP contribution >= 0.6 is 11.3 Å². The van der Waals surface area contributed by atoms with Crippen molar-refractivity contribution in [1.29, 1.82) is 0 Å². The van der Waals surface area contributed by atoms with Gasteiger partial charge in [0, 0.05) is 6.26 Å². The summed E-state index contributed by atoms with van der Waals surface area (Å²) in [6, 6.07) is 2.99. The lowest BCUT2D eigenvalue weighted by molar-refractivity contribution is 0.102. The van der Waals surface area contributed by atoms with Crippen molar-refractivity contribution in [3.63, 3.8) is 0 Å². The minimum atomic E-state index is -3.15. The molecule has 0 aliphatic heterocycles. The molecular weight excluding hydrogens is 196 g/mol. The number of carbonyl (C=O) groups excluding carboxylic acids is 1. The van der Waals surface area contributed by atoms with Gasteiger partial charge in [0.1, 0.15) is 4.21 Å². The van der Waals surface area contributed by atoms with Crippen LogP contribution in [0.1, 0.15) is 16.6 Å². The summed E-state index contributed by atoms with van der Waals surface area (Å²) in [5.74, 6) is -0.102. The molecule has 0 atom stereocenters. The van der Waals surface area contributed by atoms with E-state index in [-0.39, 0.29) is 9.99 Å². The second-order valence-electron chi connectivity index (χ2n) is 2.45. The Bertz CT molecular complexity index is 400. The molecule has 0 fully saturated rings. The van der Waals surface area contributed by atoms with Gasteiger partial charge in [-0.05, 0) is 19.1 Å². The van der Waals surface area contributed by atoms with E-state index in [4.69, 9.17) is 0 Å². The van der Waals surface area contributed by atoms with Crippen LogP contribution in [0.25, 0.3) is 0 Å². The van der Waals surface area contributed by atoms with Gasteiger partial charge in [-0.25, -0.2) is 8.42 Å². The van der Waals surface area contributed by atoms with Crippen molar-refractivity contribution in [3.8, 4) is 0 Å². The van der Waals surface area contributed by atoms with E-state index >= 15 is 0 Å². The Morgan fingerprint density at radius 2 is 2.00 bits per heavy atom. The first kappa shape index (κ1) is 9.41. The Kier molecular flexibility index (Phi) is 2.34. The monoisotopic (exact) mass is 204 g/mol. The maximum atomic E-state index is 11.0. The standard InChI is InChI=1S/C7H8O3S2/c1-5(8)6-3-4-7(11-6)12(2,9)10/h3-4H,1-2H3. The highest BCUT2D eigenvalue weighted by Gasteiger charge is 2.11. The largest absolute Gasteiger partial charge is 0.294 e. The highest BCUT2D eigenvalue weighted by Crippen LogP contribution is 2.21. The summed E-state index contributed by atoms with van der Waals surface area (Å²) in [6.07, 6.45) is 1.13. The molecule has 0 radical (unpaired) electrons. The Morgan fingerprint density at radius 3 is 2.25 bits per heavy atom. The van der Waals surface area contributed by atoms with Crippen molar-refractivity contribution in [2.45, 2.75) is 11.1 Å². The van der Waals surface area contributed by atoms with E-state index in [9.17, 15) is 13.2 Å². The lowest BCUT2D eigenvalue weighted by atomic mass is 10.4. The molecule has 0 unspecified atom stereocenters. The van der Waals surface area contributed by atoms with Crippen molar-refractivity contribution >= 4 is 27.0 Å². The molecule has 0 aliphatic carbocycles. The van der Waals surface area contributed by atoms with Crippen LogP contribution < -0.4 is 0 Å². The number of ketones is 1. The molecule has 0 aliphatic rings. The normalized spacial score (nSPS) is 11.5. The number of hydrogen-bond acceptors (Lipinski definition) is 4. The average molecular weight is 204 g/mol. The van der Waals surface area contributed by atoms with Crippen LogP contribution in [-0.4, -0.2) is 20.5 Å². The number of Topliss-reactive ketones (excluding diaryl/α,β-unsaturated/α-hetero) is 1. The van der Waals surface area contributed by atoms with Crippen LogP contribution in [0.15, 0.2) is 16.3 Å². The van der Waals surface area contributed by atoms with Gasteiger partial charge < -0.3 is 0 Å². The topological polar surface area (TPSA) is 51.2 Å². The van der Waals surface area contributed by atoms with E-state index in [1.807, 2.05) is 0 Å². The molecule has 1 heterocycles. The van der Waals surface area contributed by atoms with Crippen molar-refractivity contribution < 1.29 is 13.2 Å². The van der Waals surface area contributed by atoms with Crippen molar-refractivity contribution in [2.24, 2.45) is 0 Å². The fraction of sp³-hybridized carbons (Fsp3) is 0.286. The minimum absolute atomic E-state index is 0.102. The van der Waals surface area contributed by atoms with Crippen LogP contribution in [0.5, 0.6) is 0 Å². The number of carbonyl (C=O) groups is 1. The first-order valence-electron chi connectivity index (χ1n) is 3.22. The second kappa shape index (κ2) is 2.99. The molecule has 1 aromatic rings. The van der Waals surface area contributed by atoms with Gasteiger partial charge in [-0.15, -0.1) is 11.3 Å². The first-order chi connectivity index (χ1) is 5.41. The summed E-state index contributed by atoms with van der Waals surface area (Å²) in [7, 11) is -3.15. The quantitative estimate of drug-likeness (QED) is 0.683. The number of hydrogen-bond donors (Lipinski definition) is 0. The molecule has 0 saturated heterocycles. The van der Waals surface area contributed by atoms with Gasteiger partial charge in [0.2, 0.25) is 0 Å². The SMILES string of the molecule is CC(=O)c1ccc(S(C)(=O)=O)s1. The van der Waals surface area contributed by atoms with Crippen molar-refractivity contribution in [1.82, 2.24) is 0 Å². The van der Waals surface area contributed by atoms with Gasteiger partial charge in [0.15, 0.2) is 15.6 Å². The first-order valence-corrected chi connectivity index (χ1v) is 5.93. The molecule has 0 N–H and O–H groups in total. The summed E-state index contributed by atoms with van der Waals surface area (Å²) in [4.78, 5) is 11.3. The summed E-state index contributed by atoms with van der Waals surface area (Å²) in [6.45, 7) is 1.41. The zero-order valence-corrected chi connectivity index (χ0v) is 8.33. The Balaban J connectivity index is 3.17. The molecule has 66 valence electrons. The lowest BCUT2D eigenvalue weighted by Crippen LogP contribution is -1.92. The molecule has 3 nitrogen and oxygen atoms in total. The average Bonchev–Trinajstić information content (AvgIpc) is 2.30. The third-order valence-corrected chi connectivity index (χ3v) is 4.30. The maximum absolute atomic E-state index is 11.0. The molecule has 0 saturated carbocycles. The van der Waals surface area contributed by atoms with Gasteiger partial charge >= 0.3 is 0 Å². The molecule has 1 rings (SSSR count). The number of rotatable bonds is 2. The van der Waals surface area contributed by atoms with E-state index in [1.54, 1.807) is 0 Å². The van der Waals surface area contributed by atoms with Gasteiger partial charge in [0.05, 0.1) is 4.88 Å². The molecule has 0 aromatic carbocycles. The Morgan fingerprint density at radius 1 is 1.42 bits per heavy atom. The van der Waals surface area contributed by atoms with Crippen molar-refractivity contribution in [3.05, 3.63) is 17.0 Å². The fourth-order valence-electron chi connectivity index (χ4n) is 0.709. The zero-order chi connectivity index (χ0) is 9.35. The highest BCUT2D eigenvalue weighted by molar-refractivity contribution is 7.92. The van der Waals surface area contributed by atoms with Crippen LogP contribution in [0.3, 0.4) is 0 Å². The predicted octanol–water partition coefficient (Wildman–Crippen LogP) is 1.35. The van der Waals surface area contributed by atoms with Crippen LogP contribution in [-0.2, 0) is 9.84 Å². The number of thiophene rings is 1. The Hall–Kier alpha value is -0.680. The van der Waals surface area contributed by atoms with E-state index in [0.29, 0.717) is 4.88 Å². The fourth-order valence-corrected chi connectivity index (χ4v) is 2.53. The van der Waals surface area contributed by atoms with E-state index < -0.39 is 9.84 Å². The van der Waals surface area contributed by atoms with Crippen LogP contribution in [0, 0.1) is 0 Å². The molecule has 12 heavy (non-hydrogen) atoms. The summed E-state index contributed by atoms with van der Waals surface area (Å²) in [5, 5.41) is 0. The third kappa shape index (κ3) is 1.92. The number of sulfone groups is 1. The summed E-state index contributed by atoms with van der Waals surface area (Å²) in [5.41, 5.74) is 0. The van der Waals surface area contributed by atoms with Gasteiger partial charge in [-0.3, -0.25) is 4.79 Å². The van der Waals surface area contributed by atoms with E-state index in [1.165, 1.54) is 19.1 Å². The minimum Gasteiger partial charge on any atom is -0.294 e. The molecule has 0 spiro atoms.